The lowest BCUT2D eigenvalue weighted by Gasteiger charge is -2.42. The summed E-state index contributed by atoms with van der Waals surface area (Å²) in [5.41, 5.74) is 5.86. The van der Waals surface area contributed by atoms with Crippen LogP contribution in [-0.2, 0) is 20.4 Å². The molecule has 2 fully saturated rings. The Morgan fingerprint density at radius 3 is 2.36 bits per heavy atom. The molecule has 3 aromatic rings. The van der Waals surface area contributed by atoms with Crippen molar-refractivity contribution in [3.05, 3.63) is 58.4 Å². The molecule has 2 aromatic heterocycles. The number of nitrogens with zero attached hydrogens (tertiary/aromatic N) is 1. The van der Waals surface area contributed by atoms with Gasteiger partial charge in [-0.3, -0.25) is 9.78 Å². The number of carbonyl (C=O) groups is 2. The first-order valence-corrected chi connectivity index (χ1v) is 17.1. The van der Waals surface area contributed by atoms with E-state index in [0.717, 1.165) is 78.5 Å². The zero-order valence-electron chi connectivity index (χ0n) is 24.0. The van der Waals surface area contributed by atoms with E-state index in [1.54, 1.807) is 24.5 Å². The van der Waals surface area contributed by atoms with Gasteiger partial charge in [0, 0.05) is 23.6 Å². The zero-order chi connectivity index (χ0) is 29.9. The van der Waals surface area contributed by atoms with Crippen LogP contribution in [0.5, 0.6) is 0 Å². The number of amides is 2. The molecule has 5 rings (SSSR count). The molecule has 9 nitrogen and oxygen atoms in total. The molecule has 2 aliphatic rings. The Morgan fingerprint density at radius 2 is 1.79 bits per heavy atom. The summed E-state index contributed by atoms with van der Waals surface area (Å²) in [6.07, 6.45) is 6.69. The third-order valence-electron chi connectivity index (χ3n) is 8.63. The van der Waals surface area contributed by atoms with Crippen LogP contribution in [-0.4, -0.2) is 42.3 Å². The number of sulfonamides is 1. The van der Waals surface area contributed by atoms with Crippen molar-refractivity contribution in [1.29, 1.82) is 0 Å². The molecule has 0 bridgehead atoms. The monoisotopic (exact) mass is 610 g/mol. The molecule has 2 amide bonds. The van der Waals surface area contributed by atoms with Crippen molar-refractivity contribution in [2.45, 2.75) is 76.8 Å². The highest BCUT2D eigenvalue weighted by molar-refractivity contribution is 7.89. The molecule has 0 unspecified atom stereocenters. The molecule has 0 radical (unpaired) electrons. The van der Waals surface area contributed by atoms with Crippen LogP contribution in [0, 0.1) is 12.8 Å². The van der Waals surface area contributed by atoms with E-state index in [9.17, 15) is 23.1 Å². The first-order valence-electron chi connectivity index (χ1n) is 14.5. The third kappa shape index (κ3) is 6.85. The topological polar surface area (TPSA) is 137 Å². The number of hydrogen-bond donors (Lipinski definition) is 4. The first kappa shape index (κ1) is 30.2. The van der Waals surface area contributed by atoms with Gasteiger partial charge in [0.2, 0.25) is 15.9 Å². The van der Waals surface area contributed by atoms with Gasteiger partial charge in [0.1, 0.15) is 0 Å². The third-order valence-corrected chi connectivity index (χ3v) is 10.9. The summed E-state index contributed by atoms with van der Waals surface area (Å²) in [6.45, 7) is 3.69. The minimum absolute atomic E-state index is 0.0517. The lowest BCUT2D eigenvalue weighted by atomic mass is 9.71. The minimum Gasteiger partial charge on any atom is -0.465 e. The highest BCUT2D eigenvalue weighted by Gasteiger charge is 2.40. The lowest BCUT2D eigenvalue weighted by Crippen LogP contribution is -2.50. The van der Waals surface area contributed by atoms with Gasteiger partial charge < -0.3 is 15.7 Å². The number of carbonyl (C=O) groups excluding carboxylic acids is 1. The smallest absolute Gasteiger partial charge is 0.405 e. The second-order valence-corrected chi connectivity index (χ2v) is 14.3. The molecule has 2 saturated carbocycles. The second kappa shape index (κ2) is 12.5. The van der Waals surface area contributed by atoms with E-state index in [1.807, 2.05) is 30.3 Å². The van der Waals surface area contributed by atoms with Crippen LogP contribution in [0.1, 0.15) is 69.4 Å². The van der Waals surface area contributed by atoms with Crippen LogP contribution in [0.25, 0.3) is 22.4 Å². The van der Waals surface area contributed by atoms with Crippen LogP contribution < -0.4 is 15.4 Å². The normalized spacial score (nSPS) is 20.0. The van der Waals surface area contributed by atoms with E-state index in [1.165, 1.54) is 0 Å². The summed E-state index contributed by atoms with van der Waals surface area (Å²) in [4.78, 5) is 29.2. The van der Waals surface area contributed by atoms with Gasteiger partial charge in [-0.25, -0.2) is 17.9 Å². The van der Waals surface area contributed by atoms with Crippen LogP contribution in [0.15, 0.2) is 47.3 Å². The molecule has 42 heavy (non-hydrogen) atoms. The number of rotatable bonds is 10. The molecule has 4 N–H and O–H groups in total. The highest BCUT2D eigenvalue weighted by Crippen LogP contribution is 2.42. The molecule has 224 valence electrons. The summed E-state index contributed by atoms with van der Waals surface area (Å²) in [5.74, 6) is 0.216. The molecular weight excluding hydrogens is 572 g/mol. The summed E-state index contributed by atoms with van der Waals surface area (Å²) < 4.78 is 26.5. The Balaban J connectivity index is 1.30. The van der Waals surface area contributed by atoms with Crippen LogP contribution in [0.4, 0.5) is 10.5 Å². The van der Waals surface area contributed by atoms with Crippen LogP contribution in [0.3, 0.4) is 0 Å². The van der Waals surface area contributed by atoms with Gasteiger partial charge in [-0.2, -0.15) is 11.3 Å². The molecule has 0 saturated heterocycles. The summed E-state index contributed by atoms with van der Waals surface area (Å²) in [6, 6.07) is 9.86. The van der Waals surface area contributed by atoms with E-state index in [4.69, 9.17) is 4.98 Å². The maximum atomic E-state index is 13.0. The Hall–Kier alpha value is -3.28. The van der Waals surface area contributed by atoms with Crippen molar-refractivity contribution in [2.24, 2.45) is 5.92 Å². The van der Waals surface area contributed by atoms with E-state index >= 15 is 0 Å². The van der Waals surface area contributed by atoms with Gasteiger partial charge >= 0.3 is 6.09 Å². The summed E-state index contributed by atoms with van der Waals surface area (Å²) in [5, 5.41) is 19.3. The number of anilines is 1. The van der Waals surface area contributed by atoms with Gasteiger partial charge in [0.25, 0.3) is 0 Å². The highest BCUT2D eigenvalue weighted by atomic mass is 32.2. The Bertz CT molecular complexity index is 1540. The molecular formula is C31H38N4O5S2. The van der Waals surface area contributed by atoms with E-state index in [-0.39, 0.29) is 23.6 Å². The fourth-order valence-corrected chi connectivity index (χ4v) is 7.83. The van der Waals surface area contributed by atoms with Gasteiger partial charge in [-0.15, -0.1) is 0 Å². The number of hydrogen-bond acceptors (Lipinski definition) is 6. The Morgan fingerprint density at radius 1 is 1.07 bits per heavy atom. The van der Waals surface area contributed by atoms with Crippen molar-refractivity contribution in [3.8, 4) is 22.4 Å². The summed E-state index contributed by atoms with van der Waals surface area (Å²) >= 11 is 1.61. The number of nitrogens with one attached hydrogen (secondary N) is 3. The SMILES string of the molecule is CCS(=O)(=O)N[C@H]1CC[C@H](CC(=O)Nc2cnc(-c3ccc(C4(NC(=O)O)CCC4)cc3)c(-c3cscc3C)c2)CC1. The molecule has 11 heteroatoms. The average molecular weight is 611 g/mol. The van der Waals surface area contributed by atoms with E-state index in [0.29, 0.717) is 12.1 Å². The van der Waals surface area contributed by atoms with Gasteiger partial charge in [0.05, 0.1) is 28.9 Å². The number of pyridine rings is 1. The predicted octanol–water partition coefficient (Wildman–Crippen LogP) is 6.26. The standard InChI is InChI=1S/C31H38N4O5S2/c1-3-42(39,40)35-24-11-5-21(6-12-24)15-28(36)33-25-16-26(27-19-41-18-20(27)2)29(32-17-25)22-7-9-23(10-8-22)31(13-4-14-31)34-30(37)38/h7-10,16-19,21,24,34-35H,3-6,11-15H2,1-2H3,(H,33,36)(H,37,38)/t21-,24-. The second-order valence-electron chi connectivity index (χ2n) is 11.5. The Kier molecular flexibility index (Phi) is 9.00. The number of aryl methyl sites for hydroxylation is 1. The number of thiophene rings is 1. The van der Waals surface area contributed by atoms with Crippen molar-refractivity contribution in [1.82, 2.24) is 15.0 Å². The minimum atomic E-state index is -3.22. The fourth-order valence-electron chi connectivity index (χ4n) is 6.07. The van der Waals surface area contributed by atoms with Crippen molar-refractivity contribution in [2.75, 3.05) is 11.1 Å². The zero-order valence-corrected chi connectivity index (χ0v) is 25.6. The van der Waals surface area contributed by atoms with Crippen LogP contribution >= 0.6 is 11.3 Å². The largest absolute Gasteiger partial charge is 0.465 e. The molecule has 0 aliphatic heterocycles. The van der Waals surface area contributed by atoms with E-state index < -0.39 is 21.7 Å². The first-order chi connectivity index (χ1) is 20.1. The van der Waals surface area contributed by atoms with Crippen LogP contribution in [0.2, 0.25) is 0 Å². The molecule has 1 aromatic carbocycles. The lowest BCUT2D eigenvalue weighted by molar-refractivity contribution is -0.117. The fraction of sp³-hybridized carbons (Fsp3) is 0.452. The van der Waals surface area contributed by atoms with Gasteiger partial charge in [-0.05, 0) is 98.2 Å². The van der Waals surface area contributed by atoms with Crippen molar-refractivity contribution in [3.63, 3.8) is 0 Å². The number of aromatic nitrogens is 1. The van der Waals surface area contributed by atoms with E-state index in [2.05, 4.69) is 33.0 Å². The van der Waals surface area contributed by atoms with Crippen molar-refractivity contribution >= 4 is 39.0 Å². The average Bonchev–Trinajstić information content (AvgIpc) is 3.37. The molecule has 0 atom stereocenters. The maximum Gasteiger partial charge on any atom is 0.405 e. The number of benzene rings is 1. The predicted molar refractivity (Wildman–Crippen MR) is 166 cm³/mol. The van der Waals surface area contributed by atoms with Crippen molar-refractivity contribution < 1.29 is 23.1 Å². The molecule has 2 aliphatic carbocycles. The molecule has 2 heterocycles. The Labute approximate surface area is 251 Å². The quantitative estimate of drug-likeness (QED) is 0.214. The summed E-state index contributed by atoms with van der Waals surface area (Å²) in [7, 11) is -3.22. The number of carboxylic acid groups (broad SMARTS) is 1. The maximum absolute atomic E-state index is 13.0. The van der Waals surface area contributed by atoms with Gasteiger partial charge in [0.15, 0.2) is 0 Å². The van der Waals surface area contributed by atoms with Gasteiger partial charge in [-0.1, -0.05) is 24.3 Å². The molecule has 0 spiro atoms.